The van der Waals surface area contributed by atoms with Gasteiger partial charge in [0.15, 0.2) is 0 Å². The van der Waals surface area contributed by atoms with Crippen LogP contribution in [0.4, 0.5) is 13.2 Å². The van der Waals surface area contributed by atoms with Crippen LogP contribution in [-0.2, 0) is 9.59 Å². The molecule has 1 saturated heterocycles. The minimum Gasteiger partial charge on any atom is -0.339 e. The maximum atomic E-state index is 11.9. The van der Waals surface area contributed by atoms with E-state index in [1.807, 2.05) is 6.92 Å². The van der Waals surface area contributed by atoms with Crippen LogP contribution in [0.1, 0.15) is 6.92 Å². The van der Waals surface area contributed by atoms with E-state index in [0.29, 0.717) is 26.2 Å². The number of carbonyl (C=O) groups is 2. The Balaban J connectivity index is 2.32. The monoisotopic (exact) mass is 267 g/mol. The van der Waals surface area contributed by atoms with E-state index in [0.717, 1.165) is 6.54 Å². The second kappa shape index (κ2) is 6.03. The van der Waals surface area contributed by atoms with Gasteiger partial charge in [0.25, 0.3) is 0 Å². The number of alkyl halides is 3. The van der Waals surface area contributed by atoms with E-state index < -0.39 is 24.5 Å². The third-order valence-corrected chi connectivity index (χ3v) is 2.83. The molecule has 2 amide bonds. The molecule has 0 aliphatic carbocycles. The average molecular weight is 267 g/mol. The summed E-state index contributed by atoms with van der Waals surface area (Å²) in [6, 6.07) is 0. The maximum Gasteiger partial charge on any atom is 0.471 e. The maximum absolute atomic E-state index is 11.9. The molecule has 0 aromatic heterocycles. The zero-order valence-corrected chi connectivity index (χ0v) is 10.1. The fourth-order valence-electron chi connectivity index (χ4n) is 1.68. The number of piperazine rings is 1. The molecule has 1 rings (SSSR count). The molecule has 5 nitrogen and oxygen atoms in total. The highest BCUT2D eigenvalue weighted by atomic mass is 19.4. The van der Waals surface area contributed by atoms with E-state index in [9.17, 15) is 22.8 Å². The minimum atomic E-state index is -4.94. The Morgan fingerprint density at radius 3 is 2.17 bits per heavy atom. The van der Waals surface area contributed by atoms with Crippen molar-refractivity contribution in [2.75, 3.05) is 39.3 Å². The molecule has 0 aromatic carbocycles. The second-order valence-electron chi connectivity index (χ2n) is 4.00. The van der Waals surface area contributed by atoms with Crippen LogP contribution in [0.5, 0.6) is 0 Å². The first-order chi connectivity index (χ1) is 8.34. The van der Waals surface area contributed by atoms with Crippen molar-refractivity contribution >= 4 is 11.8 Å². The van der Waals surface area contributed by atoms with Crippen molar-refractivity contribution in [3.8, 4) is 0 Å². The van der Waals surface area contributed by atoms with Crippen LogP contribution in [0.2, 0.25) is 0 Å². The van der Waals surface area contributed by atoms with Gasteiger partial charge in [0.1, 0.15) is 0 Å². The van der Waals surface area contributed by atoms with Crippen molar-refractivity contribution in [2.24, 2.45) is 0 Å². The van der Waals surface area contributed by atoms with Gasteiger partial charge in [-0.2, -0.15) is 13.2 Å². The van der Waals surface area contributed by atoms with Crippen LogP contribution in [0.25, 0.3) is 0 Å². The standard InChI is InChI=1S/C10H16F3N3O2/c1-2-15-3-5-16(6-4-15)8(17)7-14-9(18)10(11,12)13/h2-7H2,1H3,(H,14,18). The summed E-state index contributed by atoms with van der Waals surface area (Å²) in [5, 5.41) is 1.58. The summed E-state index contributed by atoms with van der Waals surface area (Å²) in [4.78, 5) is 25.7. The lowest BCUT2D eigenvalue weighted by molar-refractivity contribution is -0.174. The van der Waals surface area contributed by atoms with Crippen LogP contribution in [0.15, 0.2) is 0 Å². The van der Waals surface area contributed by atoms with Gasteiger partial charge in [0.2, 0.25) is 5.91 Å². The van der Waals surface area contributed by atoms with Crippen molar-refractivity contribution in [1.82, 2.24) is 15.1 Å². The van der Waals surface area contributed by atoms with Gasteiger partial charge in [-0.05, 0) is 6.54 Å². The number of amides is 2. The predicted octanol–water partition coefficient (Wildman–Crippen LogP) is -0.171. The van der Waals surface area contributed by atoms with Gasteiger partial charge in [-0.3, -0.25) is 9.59 Å². The van der Waals surface area contributed by atoms with Crippen molar-refractivity contribution in [1.29, 1.82) is 0 Å². The number of carbonyl (C=O) groups excluding carboxylic acids is 2. The Morgan fingerprint density at radius 2 is 1.72 bits per heavy atom. The van der Waals surface area contributed by atoms with Crippen LogP contribution in [-0.4, -0.2) is 67.1 Å². The lowest BCUT2D eigenvalue weighted by atomic mass is 10.3. The fraction of sp³-hybridized carbons (Fsp3) is 0.800. The lowest BCUT2D eigenvalue weighted by Gasteiger charge is -2.34. The van der Waals surface area contributed by atoms with Crippen LogP contribution in [0, 0.1) is 0 Å². The van der Waals surface area contributed by atoms with Gasteiger partial charge < -0.3 is 15.1 Å². The molecule has 1 heterocycles. The quantitative estimate of drug-likeness (QED) is 0.772. The Labute approximate surface area is 103 Å². The number of halogens is 3. The lowest BCUT2D eigenvalue weighted by Crippen LogP contribution is -2.51. The molecule has 0 bridgehead atoms. The Kier molecular flexibility index (Phi) is 4.94. The molecule has 8 heteroatoms. The molecule has 1 fully saturated rings. The Hall–Kier alpha value is -1.31. The smallest absolute Gasteiger partial charge is 0.339 e. The number of nitrogens with zero attached hydrogens (tertiary/aromatic N) is 2. The molecule has 1 aliphatic heterocycles. The van der Waals surface area contributed by atoms with Crippen molar-refractivity contribution < 1.29 is 22.8 Å². The molecule has 18 heavy (non-hydrogen) atoms. The Bertz CT molecular complexity index is 312. The zero-order valence-electron chi connectivity index (χ0n) is 10.1. The highest BCUT2D eigenvalue weighted by molar-refractivity contribution is 5.87. The van der Waals surface area contributed by atoms with E-state index in [-0.39, 0.29) is 0 Å². The van der Waals surface area contributed by atoms with Gasteiger partial charge >= 0.3 is 12.1 Å². The fourth-order valence-corrected chi connectivity index (χ4v) is 1.68. The Morgan fingerprint density at radius 1 is 1.17 bits per heavy atom. The first-order valence-corrected chi connectivity index (χ1v) is 5.69. The van der Waals surface area contributed by atoms with E-state index >= 15 is 0 Å². The van der Waals surface area contributed by atoms with Crippen molar-refractivity contribution in [2.45, 2.75) is 13.1 Å². The minimum absolute atomic E-state index is 0.481. The molecule has 0 aromatic rings. The van der Waals surface area contributed by atoms with Gasteiger partial charge in [0.05, 0.1) is 6.54 Å². The summed E-state index contributed by atoms with van der Waals surface area (Å²) in [5.41, 5.74) is 0. The van der Waals surface area contributed by atoms with E-state index in [1.165, 1.54) is 4.90 Å². The van der Waals surface area contributed by atoms with Crippen LogP contribution < -0.4 is 5.32 Å². The molecular formula is C10H16F3N3O2. The molecule has 0 unspecified atom stereocenters. The third-order valence-electron chi connectivity index (χ3n) is 2.83. The topological polar surface area (TPSA) is 52.6 Å². The van der Waals surface area contributed by atoms with E-state index in [2.05, 4.69) is 4.90 Å². The molecule has 0 atom stereocenters. The predicted molar refractivity (Wildman–Crippen MR) is 57.8 cm³/mol. The summed E-state index contributed by atoms with van der Waals surface area (Å²) < 4.78 is 35.7. The van der Waals surface area contributed by atoms with Gasteiger partial charge in [-0.1, -0.05) is 6.92 Å². The first kappa shape index (κ1) is 14.7. The summed E-state index contributed by atoms with van der Waals surface area (Å²) in [6.45, 7) is 4.65. The van der Waals surface area contributed by atoms with Gasteiger partial charge in [-0.15, -0.1) is 0 Å². The molecule has 1 N–H and O–H groups in total. The SMILES string of the molecule is CCN1CCN(C(=O)CNC(=O)C(F)(F)F)CC1. The van der Waals surface area contributed by atoms with Gasteiger partial charge in [0, 0.05) is 26.2 Å². The summed E-state index contributed by atoms with van der Waals surface area (Å²) in [6.07, 6.45) is -4.94. The normalized spacial score (nSPS) is 17.7. The van der Waals surface area contributed by atoms with Crippen molar-refractivity contribution in [3.05, 3.63) is 0 Å². The third kappa shape index (κ3) is 4.17. The highest BCUT2D eigenvalue weighted by Crippen LogP contribution is 2.13. The second-order valence-corrected chi connectivity index (χ2v) is 4.00. The number of hydrogen-bond acceptors (Lipinski definition) is 3. The number of nitrogens with one attached hydrogen (secondary N) is 1. The van der Waals surface area contributed by atoms with Crippen LogP contribution >= 0.6 is 0 Å². The summed E-state index contributed by atoms with van der Waals surface area (Å²) in [5.74, 6) is -2.56. The van der Waals surface area contributed by atoms with Gasteiger partial charge in [-0.25, -0.2) is 0 Å². The summed E-state index contributed by atoms with van der Waals surface area (Å²) >= 11 is 0. The largest absolute Gasteiger partial charge is 0.471 e. The molecule has 1 aliphatic rings. The van der Waals surface area contributed by atoms with Crippen molar-refractivity contribution in [3.63, 3.8) is 0 Å². The van der Waals surface area contributed by atoms with E-state index in [4.69, 9.17) is 0 Å². The van der Waals surface area contributed by atoms with Crippen LogP contribution in [0.3, 0.4) is 0 Å². The molecule has 0 radical (unpaired) electrons. The zero-order chi connectivity index (χ0) is 13.8. The number of hydrogen-bond donors (Lipinski definition) is 1. The number of likely N-dealkylation sites (N-methyl/N-ethyl adjacent to an activating group) is 1. The first-order valence-electron chi connectivity index (χ1n) is 5.69. The summed E-state index contributed by atoms with van der Waals surface area (Å²) in [7, 11) is 0. The highest BCUT2D eigenvalue weighted by Gasteiger charge is 2.38. The average Bonchev–Trinajstić information content (AvgIpc) is 2.34. The molecule has 0 spiro atoms. The number of rotatable bonds is 3. The molecular weight excluding hydrogens is 251 g/mol. The molecule has 104 valence electrons. The van der Waals surface area contributed by atoms with E-state index in [1.54, 1.807) is 5.32 Å². The molecule has 0 saturated carbocycles.